The summed E-state index contributed by atoms with van der Waals surface area (Å²) in [6.45, 7) is 5.45. The third-order valence-corrected chi connectivity index (χ3v) is 6.37. The second-order valence-electron chi connectivity index (χ2n) is 3.81. The molecule has 0 saturated heterocycles. The first-order valence-electron chi connectivity index (χ1n) is 6.23. The summed E-state index contributed by atoms with van der Waals surface area (Å²) in [5.74, 6) is 0. The fraction of sp³-hybridized carbons (Fsp3) is 0.538. The van der Waals surface area contributed by atoms with Crippen LogP contribution in [-0.2, 0) is 8.85 Å². The van der Waals surface area contributed by atoms with Gasteiger partial charge in [0.15, 0.2) is 0 Å². The summed E-state index contributed by atoms with van der Waals surface area (Å²) in [4.78, 5) is 0. The van der Waals surface area contributed by atoms with Crippen molar-refractivity contribution in [3.8, 4) is 0 Å². The maximum atomic E-state index is 9.02. The highest BCUT2D eigenvalue weighted by atomic mass is 28.4. The Bertz CT molecular complexity index is 297. The van der Waals surface area contributed by atoms with Gasteiger partial charge < -0.3 is 14.0 Å². The Morgan fingerprint density at radius 2 is 1.65 bits per heavy atom. The predicted molar refractivity (Wildman–Crippen MR) is 71.6 cm³/mol. The maximum absolute atomic E-state index is 9.02. The molecule has 1 N–H and O–H groups in total. The van der Waals surface area contributed by atoms with Crippen LogP contribution in [0.4, 0.5) is 0 Å². The van der Waals surface area contributed by atoms with Crippen LogP contribution in [0.3, 0.4) is 0 Å². The van der Waals surface area contributed by atoms with Gasteiger partial charge in [-0.25, -0.2) is 0 Å². The third kappa shape index (κ3) is 3.92. The van der Waals surface area contributed by atoms with Crippen molar-refractivity contribution in [3.63, 3.8) is 0 Å². The Kier molecular flexibility index (Phi) is 6.43. The highest BCUT2D eigenvalue weighted by Gasteiger charge is 2.38. The summed E-state index contributed by atoms with van der Waals surface area (Å²) in [7, 11) is -2.35. The molecule has 0 unspecified atom stereocenters. The molecule has 0 atom stereocenters. The van der Waals surface area contributed by atoms with Crippen LogP contribution >= 0.6 is 0 Å². The van der Waals surface area contributed by atoms with Gasteiger partial charge in [-0.3, -0.25) is 0 Å². The Morgan fingerprint density at radius 3 is 2.12 bits per heavy atom. The molecular weight excluding hydrogens is 232 g/mol. The number of aliphatic hydroxyl groups is 1. The SMILES string of the molecule is CCO[Si](CCCO)(OCC)c1ccccc1. The molecule has 0 aromatic heterocycles. The average molecular weight is 254 g/mol. The molecule has 0 bridgehead atoms. The number of hydrogen-bond donors (Lipinski definition) is 1. The lowest BCUT2D eigenvalue weighted by Crippen LogP contribution is -2.54. The molecule has 0 heterocycles. The molecule has 3 nitrogen and oxygen atoms in total. The van der Waals surface area contributed by atoms with Crippen molar-refractivity contribution < 1.29 is 14.0 Å². The summed E-state index contributed by atoms with van der Waals surface area (Å²) in [6.07, 6.45) is 0.723. The molecular formula is C13H22O3Si. The van der Waals surface area contributed by atoms with Crippen molar-refractivity contribution in [1.29, 1.82) is 0 Å². The Hall–Kier alpha value is -0.683. The largest absolute Gasteiger partial charge is 0.396 e. The molecule has 0 spiro atoms. The number of rotatable bonds is 8. The molecule has 17 heavy (non-hydrogen) atoms. The molecule has 0 saturated carbocycles. The van der Waals surface area contributed by atoms with Crippen LogP contribution in [0.15, 0.2) is 30.3 Å². The minimum Gasteiger partial charge on any atom is -0.396 e. The van der Waals surface area contributed by atoms with Crippen molar-refractivity contribution in [3.05, 3.63) is 30.3 Å². The second kappa shape index (κ2) is 7.61. The van der Waals surface area contributed by atoms with Gasteiger partial charge in [-0.1, -0.05) is 30.3 Å². The van der Waals surface area contributed by atoms with Gasteiger partial charge in [0.25, 0.3) is 0 Å². The minimum absolute atomic E-state index is 0.182. The van der Waals surface area contributed by atoms with E-state index in [1.807, 2.05) is 32.0 Å². The van der Waals surface area contributed by atoms with Crippen LogP contribution in [0.5, 0.6) is 0 Å². The Morgan fingerprint density at radius 1 is 1.06 bits per heavy atom. The molecule has 0 aliphatic rings. The zero-order valence-corrected chi connectivity index (χ0v) is 11.7. The van der Waals surface area contributed by atoms with Gasteiger partial charge in [-0.2, -0.15) is 0 Å². The van der Waals surface area contributed by atoms with Gasteiger partial charge in [-0.15, -0.1) is 0 Å². The van der Waals surface area contributed by atoms with Gasteiger partial charge in [0.2, 0.25) is 0 Å². The highest BCUT2D eigenvalue weighted by molar-refractivity contribution is 6.81. The van der Waals surface area contributed by atoms with Crippen molar-refractivity contribution in [2.24, 2.45) is 0 Å². The first-order valence-corrected chi connectivity index (χ1v) is 8.25. The molecule has 0 aliphatic carbocycles. The summed E-state index contributed by atoms with van der Waals surface area (Å²) in [5, 5.41) is 10.2. The lowest BCUT2D eigenvalue weighted by atomic mass is 10.4. The lowest BCUT2D eigenvalue weighted by molar-refractivity contribution is 0.191. The number of benzene rings is 1. The standard InChI is InChI=1S/C13H22O3Si/c1-3-15-17(16-4-2,12-8-11-14)13-9-6-5-7-10-13/h5-7,9-10,14H,3-4,8,11-12H2,1-2H3. The molecule has 4 heteroatoms. The van der Waals surface area contributed by atoms with E-state index < -0.39 is 8.56 Å². The topological polar surface area (TPSA) is 38.7 Å². The van der Waals surface area contributed by atoms with Gasteiger partial charge >= 0.3 is 8.56 Å². The van der Waals surface area contributed by atoms with E-state index in [1.54, 1.807) is 0 Å². The van der Waals surface area contributed by atoms with E-state index in [0.29, 0.717) is 13.2 Å². The molecule has 0 aliphatic heterocycles. The van der Waals surface area contributed by atoms with E-state index in [-0.39, 0.29) is 6.61 Å². The monoisotopic (exact) mass is 254 g/mol. The van der Waals surface area contributed by atoms with Gasteiger partial charge in [0.1, 0.15) is 0 Å². The highest BCUT2D eigenvalue weighted by Crippen LogP contribution is 2.16. The average Bonchev–Trinajstić information content (AvgIpc) is 2.37. The van der Waals surface area contributed by atoms with E-state index >= 15 is 0 Å². The number of hydrogen-bond acceptors (Lipinski definition) is 3. The van der Waals surface area contributed by atoms with Crippen LogP contribution in [-0.4, -0.2) is 33.5 Å². The normalized spacial score (nSPS) is 11.7. The van der Waals surface area contributed by atoms with Crippen LogP contribution in [0.1, 0.15) is 20.3 Å². The molecule has 1 rings (SSSR count). The zero-order valence-electron chi connectivity index (χ0n) is 10.7. The van der Waals surface area contributed by atoms with Crippen LogP contribution in [0.25, 0.3) is 0 Å². The quantitative estimate of drug-likeness (QED) is 0.719. The van der Waals surface area contributed by atoms with E-state index in [2.05, 4.69) is 12.1 Å². The molecule has 0 radical (unpaired) electrons. The summed E-state index contributed by atoms with van der Waals surface area (Å²) in [5.41, 5.74) is 0. The lowest BCUT2D eigenvalue weighted by Gasteiger charge is -2.30. The van der Waals surface area contributed by atoms with Crippen molar-refractivity contribution in [2.45, 2.75) is 26.3 Å². The molecule has 1 aromatic rings. The van der Waals surface area contributed by atoms with E-state index in [9.17, 15) is 0 Å². The van der Waals surface area contributed by atoms with Crippen LogP contribution in [0, 0.1) is 0 Å². The Labute approximate surface area is 105 Å². The van der Waals surface area contributed by atoms with Crippen molar-refractivity contribution >= 4 is 13.7 Å². The van der Waals surface area contributed by atoms with E-state index in [1.165, 1.54) is 0 Å². The van der Waals surface area contributed by atoms with E-state index in [4.69, 9.17) is 14.0 Å². The zero-order chi connectivity index (χ0) is 12.6. The molecule has 0 fully saturated rings. The molecule has 0 amide bonds. The van der Waals surface area contributed by atoms with Gasteiger partial charge in [-0.05, 0) is 31.5 Å². The smallest absolute Gasteiger partial charge is 0.372 e. The fourth-order valence-electron chi connectivity index (χ4n) is 1.97. The van der Waals surface area contributed by atoms with Crippen molar-refractivity contribution in [2.75, 3.05) is 19.8 Å². The maximum Gasteiger partial charge on any atom is 0.372 e. The predicted octanol–water partition coefficient (Wildman–Crippen LogP) is 1.79. The van der Waals surface area contributed by atoms with Crippen LogP contribution < -0.4 is 5.19 Å². The summed E-state index contributed by atoms with van der Waals surface area (Å²) >= 11 is 0. The third-order valence-electron chi connectivity index (χ3n) is 2.63. The first-order chi connectivity index (χ1) is 8.29. The van der Waals surface area contributed by atoms with Crippen LogP contribution in [0.2, 0.25) is 6.04 Å². The summed E-state index contributed by atoms with van der Waals surface area (Å²) < 4.78 is 11.9. The molecule has 96 valence electrons. The fourth-order valence-corrected chi connectivity index (χ4v) is 5.22. The Balaban J connectivity index is 2.95. The van der Waals surface area contributed by atoms with Gasteiger partial charge in [0.05, 0.1) is 0 Å². The minimum atomic E-state index is -2.35. The molecule has 1 aromatic carbocycles. The second-order valence-corrected chi connectivity index (χ2v) is 6.97. The first kappa shape index (κ1) is 14.4. The van der Waals surface area contributed by atoms with Gasteiger partial charge in [0, 0.05) is 19.8 Å². The number of aliphatic hydroxyl groups excluding tert-OH is 1. The van der Waals surface area contributed by atoms with E-state index in [0.717, 1.165) is 17.7 Å². The summed E-state index contributed by atoms with van der Waals surface area (Å²) in [6, 6.07) is 10.9. The van der Waals surface area contributed by atoms with Crippen molar-refractivity contribution in [1.82, 2.24) is 0 Å².